The lowest BCUT2D eigenvalue weighted by Crippen LogP contribution is -2.33. The van der Waals surface area contributed by atoms with E-state index < -0.39 is 22.5 Å². The SMILES string of the molecule is NC(=O)CNS(=O)(=O)c1ccc(Cl)cc1N. The Morgan fingerprint density at radius 2 is 2.06 bits per heavy atom. The molecule has 0 aromatic heterocycles. The minimum absolute atomic E-state index is 0.00414. The van der Waals surface area contributed by atoms with Gasteiger partial charge in [0.1, 0.15) is 4.90 Å². The maximum Gasteiger partial charge on any atom is 0.243 e. The number of hydrogen-bond acceptors (Lipinski definition) is 4. The highest BCUT2D eigenvalue weighted by Gasteiger charge is 2.17. The van der Waals surface area contributed by atoms with Gasteiger partial charge in [-0.3, -0.25) is 4.79 Å². The lowest BCUT2D eigenvalue weighted by molar-refractivity contribution is -0.116. The number of amides is 1. The molecule has 1 amide bonds. The van der Waals surface area contributed by atoms with Gasteiger partial charge in [-0.05, 0) is 18.2 Å². The molecule has 6 nitrogen and oxygen atoms in total. The van der Waals surface area contributed by atoms with Crippen molar-refractivity contribution in [3.63, 3.8) is 0 Å². The molecule has 0 radical (unpaired) electrons. The van der Waals surface area contributed by atoms with Gasteiger partial charge < -0.3 is 11.5 Å². The zero-order valence-electron chi connectivity index (χ0n) is 8.10. The fraction of sp³-hybridized carbons (Fsp3) is 0.125. The molecule has 16 heavy (non-hydrogen) atoms. The summed E-state index contributed by atoms with van der Waals surface area (Å²) in [6, 6.07) is 3.94. The van der Waals surface area contributed by atoms with E-state index >= 15 is 0 Å². The Kier molecular flexibility index (Phi) is 3.74. The Hall–Kier alpha value is -1.31. The minimum atomic E-state index is -3.84. The largest absolute Gasteiger partial charge is 0.398 e. The summed E-state index contributed by atoms with van der Waals surface area (Å²) in [6.07, 6.45) is 0. The summed E-state index contributed by atoms with van der Waals surface area (Å²) in [7, 11) is -3.84. The number of carbonyl (C=O) groups is 1. The third-order valence-corrected chi connectivity index (χ3v) is 3.41. The van der Waals surface area contributed by atoms with E-state index in [9.17, 15) is 13.2 Å². The topological polar surface area (TPSA) is 115 Å². The first kappa shape index (κ1) is 12.8. The molecular formula is C8H10ClN3O3S. The van der Waals surface area contributed by atoms with E-state index in [1.807, 2.05) is 4.72 Å². The number of nitrogen functional groups attached to an aromatic ring is 1. The fourth-order valence-electron chi connectivity index (χ4n) is 1.01. The first-order valence-electron chi connectivity index (χ1n) is 4.16. The standard InChI is InChI=1S/C8H10ClN3O3S/c9-5-1-2-7(6(10)3-5)16(14,15)12-4-8(11)13/h1-3,12H,4,10H2,(H2,11,13). The van der Waals surface area contributed by atoms with Crippen LogP contribution in [0.15, 0.2) is 23.1 Å². The van der Waals surface area contributed by atoms with Gasteiger partial charge in [-0.1, -0.05) is 11.6 Å². The van der Waals surface area contributed by atoms with E-state index in [0.29, 0.717) is 5.02 Å². The van der Waals surface area contributed by atoms with Crippen LogP contribution in [0, 0.1) is 0 Å². The Bertz CT molecular complexity index is 515. The molecule has 0 heterocycles. The maximum absolute atomic E-state index is 11.6. The Morgan fingerprint density at radius 1 is 1.44 bits per heavy atom. The summed E-state index contributed by atoms with van der Waals surface area (Å²) in [6.45, 7) is -0.482. The van der Waals surface area contributed by atoms with Crippen molar-refractivity contribution in [1.29, 1.82) is 0 Å². The maximum atomic E-state index is 11.6. The number of nitrogens with one attached hydrogen (secondary N) is 1. The average molecular weight is 264 g/mol. The molecular weight excluding hydrogens is 254 g/mol. The number of carbonyl (C=O) groups excluding carboxylic acids is 1. The highest BCUT2D eigenvalue weighted by molar-refractivity contribution is 7.89. The van der Waals surface area contributed by atoms with Crippen LogP contribution in [-0.4, -0.2) is 20.9 Å². The number of rotatable bonds is 4. The summed E-state index contributed by atoms with van der Waals surface area (Å²) in [5.41, 5.74) is 10.3. The Labute approximate surface area is 97.6 Å². The van der Waals surface area contributed by atoms with E-state index in [4.69, 9.17) is 23.1 Å². The van der Waals surface area contributed by atoms with Crippen molar-refractivity contribution in [2.24, 2.45) is 5.73 Å². The van der Waals surface area contributed by atoms with Gasteiger partial charge in [0.15, 0.2) is 0 Å². The molecule has 88 valence electrons. The molecule has 1 aromatic carbocycles. The lowest BCUT2D eigenvalue weighted by atomic mass is 10.3. The molecule has 0 saturated heterocycles. The first-order chi connectivity index (χ1) is 7.33. The second kappa shape index (κ2) is 4.69. The summed E-state index contributed by atoms with van der Waals surface area (Å²) in [5, 5.41) is 0.325. The average Bonchev–Trinajstić information content (AvgIpc) is 2.14. The molecule has 5 N–H and O–H groups in total. The predicted octanol–water partition coefficient (Wildman–Crippen LogP) is -0.314. The quantitative estimate of drug-likeness (QED) is 0.646. The number of benzene rings is 1. The van der Waals surface area contributed by atoms with Crippen molar-refractivity contribution < 1.29 is 13.2 Å². The minimum Gasteiger partial charge on any atom is -0.398 e. The predicted molar refractivity (Wildman–Crippen MR) is 60.2 cm³/mol. The van der Waals surface area contributed by atoms with Crippen LogP contribution in [0.3, 0.4) is 0 Å². The molecule has 0 aliphatic heterocycles. The summed E-state index contributed by atoms with van der Waals surface area (Å²) >= 11 is 5.63. The molecule has 0 aliphatic carbocycles. The fourth-order valence-corrected chi connectivity index (χ4v) is 2.29. The van der Waals surface area contributed by atoms with E-state index in [-0.39, 0.29) is 10.6 Å². The summed E-state index contributed by atoms with van der Waals surface area (Å²) < 4.78 is 25.3. The van der Waals surface area contributed by atoms with Gasteiger partial charge in [-0.15, -0.1) is 0 Å². The molecule has 0 fully saturated rings. The summed E-state index contributed by atoms with van der Waals surface area (Å²) in [5.74, 6) is -0.781. The molecule has 8 heteroatoms. The Balaban J connectivity index is 3.03. The van der Waals surface area contributed by atoms with Crippen molar-refractivity contribution in [2.75, 3.05) is 12.3 Å². The van der Waals surface area contributed by atoms with Crippen LogP contribution in [0.1, 0.15) is 0 Å². The van der Waals surface area contributed by atoms with E-state index in [0.717, 1.165) is 0 Å². The summed E-state index contributed by atoms with van der Waals surface area (Å²) in [4.78, 5) is 10.3. The highest BCUT2D eigenvalue weighted by Crippen LogP contribution is 2.21. The number of halogens is 1. The highest BCUT2D eigenvalue weighted by atomic mass is 35.5. The van der Waals surface area contributed by atoms with Crippen LogP contribution in [0.25, 0.3) is 0 Å². The monoisotopic (exact) mass is 263 g/mol. The van der Waals surface area contributed by atoms with E-state index in [1.54, 1.807) is 0 Å². The van der Waals surface area contributed by atoms with Gasteiger partial charge in [0.2, 0.25) is 15.9 Å². The third kappa shape index (κ3) is 3.09. The molecule has 0 aliphatic rings. The van der Waals surface area contributed by atoms with Crippen LogP contribution in [0.2, 0.25) is 5.02 Å². The van der Waals surface area contributed by atoms with Crippen LogP contribution in [0.5, 0.6) is 0 Å². The second-order valence-corrected chi connectivity index (χ2v) is 5.14. The van der Waals surface area contributed by atoms with Gasteiger partial charge >= 0.3 is 0 Å². The first-order valence-corrected chi connectivity index (χ1v) is 6.02. The number of nitrogens with two attached hydrogens (primary N) is 2. The smallest absolute Gasteiger partial charge is 0.243 e. The van der Waals surface area contributed by atoms with Crippen LogP contribution in [-0.2, 0) is 14.8 Å². The molecule has 1 aromatic rings. The van der Waals surface area contributed by atoms with Crippen molar-refractivity contribution in [3.8, 4) is 0 Å². The molecule has 0 atom stereocenters. The third-order valence-electron chi connectivity index (χ3n) is 1.70. The Morgan fingerprint density at radius 3 is 2.56 bits per heavy atom. The zero-order chi connectivity index (χ0) is 12.3. The van der Waals surface area contributed by atoms with Crippen molar-refractivity contribution >= 4 is 33.2 Å². The van der Waals surface area contributed by atoms with Gasteiger partial charge in [-0.25, -0.2) is 13.1 Å². The van der Waals surface area contributed by atoms with E-state index in [1.165, 1.54) is 18.2 Å². The van der Waals surface area contributed by atoms with Crippen molar-refractivity contribution in [1.82, 2.24) is 4.72 Å². The molecule has 0 saturated carbocycles. The second-order valence-electron chi connectivity index (χ2n) is 2.97. The lowest BCUT2D eigenvalue weighted by Gasteiger charge is -2.07. The van der Waals surface area contributed by atoms with Gasteiger partial charge in [-0.2, -0.15) is 0 Å². The van der Waals surface area contributed by atoms with Crippen molar-refractivity contribution in [3.05, 3.63) is 23.2 Å². The van der Waals surface area contributed by atoms with Gasteiger partial charge in [0.05, 0.1) is 12.2 Å². The number of anilines is 1. The van der Waals surface area contributed by atoms with E-state index in [2.05, 4.69) is 0 Å². The molecule has 0 bridgehead atoms. The zero-order valence-corrected chi connectivity index (χ0v) is 9.68. The number of primary amides is 1. The van der Waals surface area contributed by atoms with Gasteiger partial charge in [0.25, 0.3) is 0 Å². The number of sulfonamides is 1. The number of hydrogen-bond donors (Lipinski definition) is 3. The van der Waals surface area contributed by atoms with Crippen molar-refractivity contribution in [2.45, 2.75) is 4.90 Å². The van der Waals surface area contributed by atoms with Crippen LogP contribution >= 0.6 is 11.6 Å². The molecule has 1 rings (SSSR count). The van der Waals surface area contributed by atoms with Crippen LogP contribution < -0.4 is 16.2 Å². The molecule has 0 spiro atoms. The van der Waals surface area contributed by atoms with Gasteiger partial charge in [0, 0.05) is 5.02 Å². The molecule has 0 unspecified atom stereocenters. The normalized spacial score (nSPS) is 11.3. The van der Waals surface area contributed by atoms with Crippen LogP contribution in [0.4, 0.5) is 5.69 Å².